The minimum Gasteiger partial charge on any atom is -0.228 e. The minimum absolute atomic E-state index is 0.177. The Morgan fingerprint density at radius 2 is 1.79 bits per heavy atom. The van der Waals surface area contributed by atoms with E-state index < -0.39 is 30.5 Å². The predicted octanol–water partition coefficient (Wildman–Crippen LogP) is -0.321. The molecule has 1 N–H and O–H groups in total. The fourth-order valence-electron chi connectivity index (χ4n) is 1.06. The lowest BCUT2D eigenvalue weighted by atomic mass is 10.4. The van der Waals surface area contributed by atoms with E-state index in [1.54, 1.807) is 0 Å². The SMILES string of the molecule is CS(=O)(=O)CS(=O)(=O)NC1(CCl)CC1. The second-order valence-electron chi connectivity index (χ2n) is 3.67. The zero-order chi connectivity index (χ0) is 11.0. The number of nitrogens with one attached hydrogen (secondary N) is 1. The Bertz CT molecular complexity index is 409. The molecule has 1 saturated carbocycles. The molecule has 0 aliphatic heterocycles. The van der Waals surface area contributed by atoms with Crippen molar-refractivity contribution in [2.75, 3.05) is 17.2 Å². The summed E-state index contributed by atoms with van der Waals surface area (Å²) in [4.78, 5) is 0. The van der Waals surface area contributed by atoms with Crippen molar-refractivity contribution in [2.24, 2.45) is 0 Å². The van der Waals surface area contributed by atoms with Gasteiger partial charge in [0, 0.05) is 17.7 Å². The van der Waals surface area contributed by atoms with Crippen molar-refractivity contribution in [1.29, 1.82) is 0 Å². The zero-order valence-electron chi connectivity index (χ0n) is 7.66. The van der Waals surface area contributed by atoms with Gasteiger partial charge in [-0.05, 0) is 12.8 Å². The Hall–Kier alpha value is 0.150. The van der Waals surface area contributed by atoms with E-state index in [4.69, 9.17) is 11.6 Å². The van der Waals surface area contributed by atoms with Crippen molar-refractivity contribution in [2.45, 2.75) is 18.4 Å². The normalized spacial score (nSPS) is 20.7. The molecule has 14 heavy (non-hydrogen) atoms. The zero-order valence-corrected chi connectivity index (χ0v) is 10.0. The van der Waals surface area contributed by atoms with E-state index >= 15 is 0 Å². The van der Waals surface area contributed by atoms with Crippen LogP contribution in [-0.4, -0.2) is 39.6 Å². The van der Waals surface area contributed by atoms with Crippen LogP contribution in [0.4, 0.5) is 0 Å². The molecule has 0 atom stereocenters. The van der Waals surface area contributed by atoms with Crippen LogP contribution in [0.5, 0.6) is 0 Å². The molecule has 0 aromatic heterocycles. The first-order valence-corrected chi connectivity index (χ1v) is 8.18. The number of halogens is 1. The number of hydrogen-bond acceptors (Lipinski definition) is 4. The van der Waals surface area contributed by atoms with Gasteiger partial charge in [-0.2, -0.15) is 0 Å². The van der Waals surface area contributed by atoms with E-state index in [2.05, 4.69) is 4.72 Å². The molecule has 8 heteroatoms. The number of alkyl halides is 1. The van der Waals surface area contributed by atoms with Crippen LogP contribution in [0, 0.1) is 0 Å². The number of hydrogen-bond donors (Lipinski definition) is 1. The highest BCUT2D eigenvalue weighted by Gasteiger charge is 2.45. The highest BCUT2D eigenvalue weighted by molar-refractivity contribution is 8.06. The summed E-state index contributed by atoms with van der Waals surface area (Å²) in [6.45, 7) is 0. The summed E-state index contributed by atoms with van der Waals surface area (Å²) in [6, 6.07) is 0. The molecule has 0 radical (unpaired) electrons. The molecule has 0 aromatic carbocycles. The van der Waals surface area contributed by atoms with Crippen LogP contribution >= 0.6 is 11.6 Å². The topological polar surface area (TPSA) is 80.3 Å². The Balaban J connectivity index is 2.69. The first-order valence-electron chi connectivity index (χ1n) is 3.93. The average molecular weight is 262 g/mol. The van der Waals surface area contributed by atoms with Gasteiger partial charge >= 0.3 is 0 Å². The van der Waals surface area contributed by atoms with E-state index in [0.717, 1.165) is 6.26 Å². The average Bonchev–Trinajstić information content (AvgIpc) is 2.62. The van der Waals surface area contributed by atoms with E-state index in [1.165, 1.54) is 0 Å². The third-order valence-corrected chi connectivity index (χ3v) is 6.06. The van der Waals surface area contributed by atoms with Crippen LogP contribution in [0.15, 0.2) is 0 Å². The van der Waals surface area contributed by atoms with Gasteiger partial charge in [0.2, 0.25) is 10.0 Å². The molecular weight excluding hydrogens is 250 g/mol. The number of rotatable bonds is 5. The predicted molar refractivity (Wildman–Crippen MR) is 54.5 cm³/mol. The Kier molecular flexibility index (Phi) is 3.16. The Labute approximate surface area is 88.8 Å². The van der Waals surface area contributed by atoms with Crippen molar-refractivity contribution in [3.63, 3.8) is 0 Å². The van der Waals surface area contributed by atoms with Crippen molar-refractivity contribution in [1.82, 2.24) is 4.72 Å². The third-order valence-electron chi connectivity index (χ3n) is 1.85. The highest BCUT2D eigenvalue weighted by atomic mass is 35.5. The lowest BCUT2D eigenvalue weighted by Crippen LogP contribution is -2.40. The summed E-state index contributed by atoms with van der Waals surface area (Å²) < 4.78 is 46.5. The first kappa shape index (κ1) is 12.2. The van der Waals surface area contributed by atoms with Gasteiger partial charge in [-0.15, -0.1) is 11.6 Å². The maximum Gasteiger partial charge on any atom is 0.226 e. The fourth-order valence-corrected chi connectivity index (χ4v) is 4.89. The minimum atomic E-state index is -3.77. The summed E-state index contributed by atoms with van der Waals surface area (Å²) in [5.74, 6) is 0.177. The van der Waals surface area contributed by atoms with E-state index in [-0.39, 0.29) is 5.88 Å². The lowest BCUT2D eigenvalue weighted by Gasteiger charge is -2.13. The fraction of sp³-hybridized carbons (Fsp3) is 1.00. The summed E-state index contributed by atoms with van der Waals surface area (Å²) in [5.41, 5.74) is -0.592. The molecule has 0 saturated heterocycles. The smallest absolute Gasteiger partial charge is 0.226 e. The van der Waals surface area contributed by atoms with E-state index in [1.807, 2.05) is 0 Å². The molecule has 0 spiro atoms. The van der Waals surface area contributed by atoms with Crippen LogP contribution in [0.1, 0.15) is 12.8 Å². The van der Waals surface area contributed by atoms with Crippen molar-refractivity contribution >= 4 is 31.5 Å². The van der Waals surface area contributed by atoms with Crippen LogP contribution in [0.25, 0.3) is 0 Å². The van der Waals surface area contributed by atoms with Gasteiger partial charge in [-0.25, -0.2) is 21.6 Å². The molecule has 1 aliphatic rings. The summed E-state index contributed by atoms with van der Waals surface area (Å²) in [6.07, 6.45) is 2.21. The van der Waals surface area contributed by atoms with Crippen LogP contribution in [0.3, 0.4) is 0 Å². The first-order chi connectivity index (χ1) is 6.18. The van der Waals surface area contributed by atoms with Gasteiger partial charge in [-0.3, -0.25) is 0 Å². The molecule has 1 rings (SSSR count). The molecule has 0 aromatic rings. The van der Waals surface area contributed by atoms with Crippen molar-refractivity contribution in [3.05, 3.63) is 0 Å². The van der Waals surface area contributed by atoms with Crippen molar-refractivity contribution in [3.8, 4) is 0 Å². The van der Waals surface area contributed by atoms with Gasteiger partial charge < -0.3 is 0 Å². The molecule has 84 valence electrons. The molecule has 1 fully saturated rings. The summed E-state index contributed by atoms with van der Waals surface area (Å²) in [7, 11) is -7.30. The van der Waals surface area contributed by atoms with E-state index in [0.29, 0.717) is 12.8 Å². The standard InChI is InChI=1S/C6H12ClNO4S2/c1-13(9,10)5-14(11,12)8-6(4-7)2-3-6/h8H,2-5H2,1H3. The summed E-state index contributed by atoms with van der Waals surface area (Å²) in [5, 5.41) is -0.876. The Morgan fingerprint density at radius 3 is 2.07 bits per heavy atom. The van der Waals surface area contributed by atoms with Gasteiger partial charge in [0.15, 0.2) is 14.9 Å². The second-order valence-corrected chi connectivity index (χ2v) is 8.17. The van der Waals surface area contributed by atoms with Gasteiger partial charge in [0.25, 0.3) is 0 Å². The monoisotopic (exact) mass is 261 g/mol. The van der Waals surface area contributed by atoms with Crippen molar-refractivity contribution < 1.29 is 16.8 Å². The molecule has 1 aliphatic carbocycles. The van der Waals surface area contributed by atoms with E-state index in [9.17, 15) is 16.8 Å². The molecule has 0 heterocycles. The number of sulfonamides is 1. The quantitative estimate of drug-likeness (QED) is 0.688. The maximum atomic E-state index is 11.3. The van der Waals surface area contributed by atoms with Crippen LogP contribution in [-0.2, 0) is 19.9 Å². The van der Waals surface area contributed by atoms with Crippen LogP contribution in [0.2, 0.25) is 0 Å². The third kappa shape index (κ3) is 3.72. The maximum absolute atomic E-state index is 11.3. The molecule has 0 unspecified atom stereocenters. The van der Waals surface area contributed by atoms with Gasteiger partial charge in [0.1, 0.15) is 0 Å². The molecule has 0 bridgehead atoms. The highest BCUT2D eigenvalue weighted by Crippen LogP contribution is 2.37. The molecular formula is C6H12ClNO4S2. The molecule has 0 amide bonds. The van der Waals surface area contributed by atoms with Crippen LogP contribution < -0.4 is 4.72 Å². The largest absolute Gasteiger partial charge is 0.228 e. The van der Waals surface area contributed by atoms with Gasteiger partial charge in [-0.1, -0.05) is 0 Å². The summed E-state index contributed by atoms with van der Waals surface area (Å²) >= 11 is 5.56. The Morgan fingerprint density at radius 1 is 1.29 bits per heavy atom. The van der Waals surface area contributed by atoms with Gasteiger partial charge in [0.05, 0.1) is 0 Å². The molecule has 5 nitrogen and oxygen atoms in total. The second kappa shape index (κ2) is 3.62. The lowest BCUT2D eigenvalue weighted by molar-refractivity contribution is 0.561. The number of sulfone groups is 1.